The number of hydrogen-bond acceptors (Lipinski definition) is 4. The molecule has 2 N–H and O–H groups in total. The third-order valence-corrected chi connectivity index (χ3v) is 4.66. The predicted molar refractivity (Wildman–Crippen MR) is 92.8 cm³/mol. The van der Waals surface area contributed by atoms with E-state index in [0.717, 1.165) is 11.3 Å². The maximum Gasteiger partial charge on any atom is 0.307 e. The van der Waals surface area contributed by atoms with E-state index >= 15 is 0 Å². The van der Waals surface area contributed by atoms with Gasteiger partial charge in [-0.1, -0.05) is 36.3 Å². The molecule has 3 atom stereocenters. The molecule has 0 saturated heterocycles. The molecule has 5 heteroatoms. The number of carboxylic acids is 1. The third-order valence-electron chi connectivity index (χ3n) is 4.66. The van der Waals surface area contributed by atoms with Gasteiger partial charge in [0.15, 0.2) is 0 Å². The molecule has 2 aromatic rings. The first kappa shape index (κ1) is 17.1. The zero-order chi connectivity index (χ0) is 17.9. The van der Waals surface area contributed by atoms with Crippen LogP contribution >= 0.6 is 0 Å². The molecule has 0 aliphatic heterocycles. The Morgan fingerprint density at radius 2 is 2.04 bits per heavy atom. The number of nitrogens with zero attached hydrogens (tertiary/aromatic N) is 2. The molecule has 5 nitrogen and oxygen atoms in total. The fraction of sp³-hybridized carbons (Fsp3) is 0.350. The summed E-state index contributed by atoms with van der Waals surface area (Å²) in [5, 5.41) is 20.5. The molecule has 0 bridgehead atoms. The lowest BCUT2D eigenvalue weighted by atomic mass is 9.69. The van der Waals surface area contributed by atoms with E-state index in [1.54, 1.807) is 12.3 Å². The van der Waals surface area contributed by atoms with Crippen LogP contribution in [0.2, 0.25) is 0 Å². The van der Waals surface area contributed by atoms with Crippen LogP contribution in [-0.4, -0.2) is 31.8 Å². The number of hydrogen-bond donors (Lipinski definition) is 2. The minimum Gasteiger partial charge on any atom is -0.481 e. The van der Waals surface area contributed by atoms with Gasteiger partial charge >= 0.3 is 5.97 Å². The molecule has 0 spiro atoms. The molecule has 3 rings (SSSR count). The molecule has 1 aliphatic carbocycles. The molecule has 0 radical (unpaired) electrons. The average Bonchev–Trinajstić information content (AvgIpc) is 2.61. The van der Waals surface area contributed by atoms with Gasteiger partial charge in [-0.05, 0) is 43.7 Å². The molecular formula is C20H20N2O3. The normalized spacial score (nSPS) is 25.7. The molecule has 1 aliphatic rings. The summed E-state index contributed by atoms with van der Waals surface area (Å²) in [5.41, 5.74) is 0.490. The smallest absolute Gasteiger partial charge is 0.307 e. The lowest BCUT2D eigenvalue weighted by Crippen LogP contribution is -2.39. The fourth-order valence-electron chi connectivity index (χ4n) is 3.34. The first-order chi connectivity index (χ1) is 12.0. The van der Waals surface area contributed by atoms with Crippen molar-refractivity contribution in [1.82, 2.24) is 9.97 Å². The number of aliphatic carboxylic acids is 1. The summed E-state index contributed by atoms with van der Waals surface area (Å²) in [7, 11) is 0. The van der Waals surface area contributed by atoms with Crippen molar-refractivity contribution in [2.24, 2.45) is 5.92 Å². The van der Waals surface area contributed by atoms with Crippen molar-refractivity contribution >= 4 is 5.97 Å². The summed E-state index contributed by atoms with van der Waals surface area (Å²) in [6.45, 7) is 1.85. The van der Waals surface area contributed by atoms with Crippen molar-refractivity contribution in [3.05, 3.63) is 59.7 Å². The average molecular weight is 336 g/mol. The van der Waals surface area contributed by atoms with Gasteiger partial charge in [0.1, 0.15) is 5.60 Å². The lowest BCUT2D eigenvalue weighted by molar-refractivity contribution is -0.145. The van der Waals surface area contributed by atoms with Crippen molar-refractivity contribution in [2.45, 2.75) is 37.7 Å². The van der Waals surface area contributed by atoms with Crippen LogP contribution in [0.15, 0.2) is 42.6 Å². The van der Waals surface area contributed by atoms with Gasteiger partial charge in [0.05, 0.1) is 5.92 Å². The Morgan fingerprint density at radius 3 is 2.72 bits per heavy atom. The number of benzene rings is 1. The highest BCUT2D eigenvalue weighted by Gasteiger charge is 2.42. The van der Waals surface area contributed by atoms with E-state index in [0.29, 0.717) is 18.7 Å². The Kier molecular flexibility index (Phi) is 4.82. The summed E-state index contributed by atoms with van der Waals surface area (Å²) in [6, 6.07) is 11.3. The van der Waals surface area contributed by atoms with E-state index in [-0.39, 0.29) is 12.3 Å². The van der Waals surface area contributed by atoms with E-state index in [1.807, 2.05) is 37.3 Å². The lowest BCUT2D eigenvalue weighted by Gasteiger charge is -2.37. The minimum atomic E-state index is -1.24. The highest BCUT2D eigenvalue weighted by atomic mass is 16.4. The molecule has 1 fully saturated rings. The molecule has 25 heavy (non-hydrogen) atoms. The van der Waals surface area contributed by atoms with Crippen LogP contribution in [-0.2, 0) is 4.79 Å². The van der Waals surface area contributed by atoms with Gasteiger partial charge in [-0.25, -0.2) is 9.97 Å². The predicted octanol–water partition coefficient (Wildman–Crippen LogP) is 2.54. The molecule has 1 heterocycles. The zero-order valence-corrected chi connectivity index (χ0v) is 14.0. The van der Waals surface area contributed by atoms with Gasteiger partial charge in [0.2, 0.25) is 5.82 Å². The topological polar surface area (TPSA) is 83.3 Å². The number of aryl methyl sites for hydroxylation is 1. The number of carboxylic acid groups (broad SMARTS) is 1. The van der Waals surface area contributed by atoms with Crippen LogP contribution in [0.25, 0.3) is 0 Å². The summed E-state index contributed by atoms with van der Waals surface area (Å²) in [5.74, 6) is 4.48. The number of aromatic nitrogens is 2. The SMILES string of the molecule is Cc1ccnc(C#CC2(O)CC[C@@H](C(=O)O)[C@H](c3ccccc3)C2)n1. The molecule has 1 unspecified atom stereocenters. The number of aliphatic hydroxyl groups is 1. The summed E-state index contributed by atoms with van der Waals surface area (Å²) in [4.78, 5) is 19.9. The van der Waals surface area contributed by atoms with Gasteiger partial charge in [0.25, 0.3) is 0 Å². The van der Waals surface area contributed by atoms with Gasteiger partial charge in [-0.15, -0.1) is 0 Å². The maximum atomic E-state index is 11.6. The molecule has 1 aromatic carbocycles. The van der Waals surface area contributed by atoms with E-state index in [2.05, 4.69) is 21.8 Å². The maximum absolute atomic E-state index is 11.6. The highest BCUT2D eigenvalue weighted by molar-refractivity contribution is 5.71. The van der Waals surface area contributed by atoms with Crippen molar-refractivity contribution < 1.29 is 15.0 Å². The van der Waals surface area contributed by atoms with Crippen molar-refractivity contribution in [3.8, 4) is 11.8 Å². The van der Waals surface area contributed by atoms with Gasteiger partial charge < -0.3 is 10.2 Å². The van der Waals surface area contributed by atoms with Crippen LogP contribution in [0.3, 0.4) is 0 Å². The highest BCUT2D eigenvalue weighted by Crippen LogP contribution is 2.42. The van der Waals surface area contributed by atoms with Gasteiger partial charge in [0, 0.05) is 17.8 Å². The van der Waals surface area contributed by atoms with Crippen LogP contribution in [0.1, 0.15) is 42.3 Å². The fourth-order valence-corrected chi connectivity index (χ4v) is 3.34. The number of rotatable bonds is 2. The largest absolute Gasteiger partial charge is 0.481 e. The Balaban J connectivity index is 1.88. The van der Waals surface area contributed by atoms with Crippen LogP contribution < -0.4 is 0 Å². The molecule has 1 saturated carbocycles. The van der Waals surface area contributed by atoms with E-state index in [1.165, 1.54) is 0 Å². The monoisotopic (exact) mass is 336 g/mol. The van der Waals surface area contributed by atoms with Crippen molar-refractivity contribution in [2.75, 3.05) is 0 Å². The van der Waals surface area contributed by atoms with E-state index in [9.17, 15) is 15.0 Å². The number of carbonyl (C=O) groups is 1. The summed E-state index contributed by atoms with van der Waals surface area (Å²) < 4.78 is 0. The van der Waals surface area contributed by atoms with Crippen LogP contribution in [0, 0.1) is 24.7 Å². The molecule has 1 aromatic heterocycles. The summed E-state index contributed by atoms with van der Waals surface area (Å²) in [6.07, 6.45) is 2.62. The first-order valence-electron chi connectivity index (χ1n) is 8.30. The second-order valence-electron chi connectivity index (χ2n) is 6.51. The first-order valence-corrected chi connectivity index (χ1v) is 8.30. The Bertz CT molecular complexity index is 826. The van der Waals surface area contributed by atoms with Crippen molar-refractivity contribution in [1.29, 1.82) is 0 Å². The third kappa shape index (κ3) is 4.04. The minimum absolute atomic E-state index is 0.273. The van der Waals surface area contributed by atoms with Crippen LogP contribution in [0.4, 0.5) is 0 Å². The van der Waals surface area contributed by atoms with Gasteiger partial charge in [-0.3, -0.25) is 4.79 Å². The standard InChI is InChI=1S/C20H20N2O3/c1-14-9-12-21-18(22-14)8-11-20(25)10-7-16(19(23)24)17(13-20)15-5-3-2-4-6-15/h2-6,9,12,16-17,25H,7,10,13H2,1H3,(H,23,24)/t16-,17+,20?/m1/s1. The molecule has 128 valence electrons. The summed E-state index contributed by atoms with van der Waals surface area (Å²) >= 11 is 0. The molecule has 0 amide bonds. The van der Waals surface area contributed by atoms with Gasteiger partial charge in [-0.2, -0.15) is 0 Å². The van der Waals surface area contributed by atoms with Crippen LogP contribution in [0.5, 0.6) is 0 Å². The Morgan fingerprint density at radius 1 is 1.28 bits per heavy atom. The van der Waals surface area contributed by atoms with E-state index < -0.39 is 17.5 Å². The second kappa shape index (κ2) is 7.04. The Labute approximate surface area is 146 Å². The zero-order valence-electron chi connectivity index (χ0n) is 14.0. The van der Waals surface area contributed by atoms with E-state index in [4.69, 9.17) is 0 Å². The van der Waals surface area contributed by atoms with Crippen molar-refractivity contribution in [3.63, 3.8) is 0 Å². The second-order valence-corrected chi connectivity index (χ2v) is 6.51. The quantitative estimate of drug-likeness (QED) is 0.824. The molecular weight excluding hydrogens is 316 g/mol. The Hall–Kier alpha value is -2.71.